The molecule has 2 saturated heterocycles. The smallest absolute Gasteiger partial charge is 0.410 e. The van der Waals surface area contributed by atoms with Gasteiger partial charge in [0, 0.05) is 13.1 Å². The van der Waals surface area contributed by atoms with E-state index in [0.29, 0.717) is 31.2 Å². The number of likely N-dealkylation sites (tertiary alicyclic amines) is 1. The number of amides is 2. The summed E-state index contributed by atoms with van der Waals surface area (Å²) >= 11 is 0. The molecule has 6 heteroatoms. The number of benzene rings is 1. The number of nitrogens with zero attached hydrogens (tertiary/aromatic N) is 3. The second kappa shape index (κ2) is 7.77. The van der Waals surface area contributed by atoms with Crippen LogP contribution in [0.25, 0.3) is 0 Å². The first-order valence-electron chi connectivity index (χ1n) is 9.21. The lowest BCUT2D eigenvalue weighted by molar-refractivity contribution is -0.133. The molecule has 3 rings (SSSR count). The van der Waals surface area contributed by atoms with Crippen LogP contribution in [0.3, 0.4) is 0 Å². The van der Waals surface area contributed by atoms with Crippen LogP contribution in [0.1, 0.15) is 43.7 Å². The number of piperidine rings is 1. The number of rotatable bonds is 4. The van der Waals surface area contributed by atoms with E-state index in [2.05, 4.69) is 12.1 Å². The van der Waals surface area contributed by atoms with Crippen molar-refractivity contribution >= 4 is 12.0 Å². The van der Waals surface area contributed by atoms with Crippen molar-refractivity contribution in [2.24, 2.45) is 5.92 Å². The average molecular weight is 355 g/mol. The predicted molar refractivity (Wildman–Crippen MR) is 96.4 cm³/mol. The van der Waals surface area contributed by atoms with Crippen LogP contribution in [0, 0.1) is 17.2 Å². The van der Waals surface area contributed by atoms with Gasteiger partial charge in [0.15, 0.2) is 0 Å². The molecule has 2 amide bonds. The Morgan fingerprint density at radius 2 is 2.08 bits per heavy atom. The van der Waals surface area contributed by atoms with Crippen molar-refractivity contribution in [1.82, 2.24) is 9.80 Å². The minimum absolute atomic E-state index is 0.0151. The van der Waals surface area contributed by atoms with Crippen LogP contribution in [0.2, 0.25) is 0 Å². The van der Waals surface area contributed by atoms with Gasteiger partial charge >= 0.3 is 6.09 Å². The zero-order chi connectivity index (χ0) is 18.7. The second-order valence-electron chi connectivity index (χ2n) is 7.41. The summed E-state index contributed by atoms with van der Waals surface area (Å²) in [5, 5.41) is 9.05. The molecule has 6 nitrogen and oxygen atoms in total. The van der Waals surface area contributed by atoms with Gasteiger partial charge in [-0.3, -0.25) is 9.69 Å². The number of hydrogen-bond acceptors (Lipinski definition) is 4. The summed E-state index contributed by atoms with van der Waals surface area (Å²) in [6.45, 7) is 5.87. The fourth-order valence-corrected chi connectivity index (χ4v) is 3.77. The van der Waals surface area contributed by atoms with Crippen molar-refractivity contribution in [2.75, 3.05) is 26.2 Å². The highest BCUT2D eigenvalue weighted by atomic mass is 16.6. The van der Waals surface area contributed by atoms with E-state index in [-0.39, 0.29) is 30.5 Å². The molecule has 0 radical (unpaired) electrons. The van der Waals surface area contributed by atoms with Crippen molar-refractivity contribution in [3.63, 3.8) is 0 Å². The second-order valence-corrected chi connectivity index (χ2v) is 7.41. The average Bonchev–Trinajstić information content (AvgIpc) is 3.02. The monoisotopic (exact) mass is 355 g/mol. The first-order chi connectivity index (χ1) is 12.5. The SMILES string of the molecule is CC(C)C1COC(=O)N1CC(=O)N1CCC(c2cccc(C#N)c2)CC1. The molecule has 0 saturated carbocycles. The van der Waals surface area contributed by atoms with E-state index >= 15 is 0 Å². The van der Waals surface area contributed by atoms with Crippen molar-refractivity contribution in [3.8, 4) is 6.07 Å². The molecule has 26 heavy (non-hydrogen) atoms. The quantitative estimate of drug-likeness (QED) is 0.832. The highest BCUT2D eigenvalue weighted by Gasteiger charge is 2.37. The first kappa shape index (κ1) is 18.2. The highest BCUT2D eigenvalue weighted by Crippen LogP contribution is 2.29. The van der Waals surface area contributed by atoms with E-state index in [1.807, 2.05) is 36.9 Å². The lowest BCUT2D eigenvalue weighted by Crippen LogP contribution is -2.47. The lowest BCUT2D eigenvalue weighted by atomic mass is 9.88. The standard InChI is InChI=1S/C20H25N3O3/c1-14(2)18-13-26-20(25)23(18)12-19(24)22-8-6-16(7-9-22)17-5-3-4-15(10-17)11-21/h3-5,10,14,16,18H,6-9,12-13H2,1-2H3. The van der Waals surface area contributed by atoms with Gasteiger partial charge in [-0.2, -0.15) is 5.26 Å². The molecule has 138 valence electrons. The van der Waals surface area contributed by atoms with Gasteiger partial charge in [-0.1, -0.05) is 26.0 Å². The van der Waals surface area contributed by atoms with Crippen LogP contribution in [-0.4, -0.2) is 54.1 Å². The first-order valence-corrected chi connectivity index (χ1v) is 9.21. The third-order valence-corrected chi connectivity index (χ3v) is 5.42. The van der Waals surface area contributed by atoms with E-state index in [1.165, 1.54) is 5.56 Å². The number of hydrogen-bond donors (Lipinski definition) is 0. The van der Waals surface area contributed by atoms with Gasteiger partial charge in [0.2, 0.25) is 5.91 Å². The zero-order valence-corrected chi connectivity index (χ0v) is 15.4. The summed E-state index contributed by atoms with van der Waals surface area (Å²) in [6, 6.07) is 9.86. The number of cyclic esters (lactones) is 1. The van der Waals surface area contributed by atoms with Gasteiger partial charge in [-0.15, -0.1) is 0 Å². The number of ether oxygens (including phenoxy) is 1. The molecule has 1 aromatic carbocycles. The number of carbonyl (C=O) groups excluding carboxylic acids is 2. The van der Waals surface area contributed by atoms with Gasteiger partial charge in [0.1, 0.15) is 13.2 Å². The summed E-state index contributed by atoms with van der Waals surface area (Å²) in [5.41, 5.74) is 1.84. The molecule has 0 aromatic heterocycles. The Labute approximate surface area is 154 Å². The topological polar surface area (TPSA) is 73.6 Å². The van der Waals surface area contributed by atoms with Crippen molar-refractivity contribution in [3.05, 3.63) is 35.4 Å². The predicted octanol–water partition coefficient (Wildman–Crippen LogP) is 2.74. The number of carbonyl (C=O) groups is 2. The Hall–Kier alpha value is -2.55. The van der Waals surface area contributed by atoms with Crippen LogP contribution in [0.4, 0.5) is 4.79 Å². The van der Waals surface area contributed by atoms with Crippen LogP contribution in [-0.2, 0) is 9.53 Å². The maximum Gasteiger partial charge on any atom is 0.410 e. The third kappa shape index (κ3) is 3.82. The molecule has 0 bridgehead atoms. The summed E-state index contributed by atoms with van der Waals surface area (Å²) in [6.07, 6.45) is 1.36. The van der Waals surface area contributed by atoms with Crippen LogP contribution >= 0.6 is 0 Å². The number of nitriles is 1. The molecule has 2 fully saturated rings. The minimum Gasteiger partial charge on any atom is -0.447 e. The van der Waals surface area contributed by atoms with Crippen molar-refractivity contribution in [2.45, 2.75) is 38.6 Å². The van der Waals surface area contributed by atoms with E-state index in [4.69, 9.17) is 10.00 Å². The van der Waals surface area contributed by atoms with E-state index < -0.39 is 0 Å². The van der Waals surface area contributed by atoms with E-state index in [0.717, 1.165) is 12.8 Å². The van der Waals surface area contributed by atoms with Gasteiger partial charge in [0.05, 0.1) is 17.7 Å². The lowest BCUT2D eigenvalue weighted by Gasteiger charge is -2.34. The zero-order valence-electron chi connectivity index (χ0n) is 15.4. The van der Waals surface area contributed by atoms with Gasteiger partial charge < -0.3 is 9.64 Å². The molecule has 1 unspecified atom stereocenters. The van der Waals surface area contributed by atoms with Crippen molar-refractivity contribution < 1.29 is 14.3 Å². The summed E-state index contributed by atoms with van der Waals surface area (Å²) in [5.74, 6) is 0.610. The highest BCUT2D eigenvalue weighted by molar-refractivity contribution is 5.83. The molecule has 2 aliphatic rings. The molecule has 0 aliphatic carbocycles. The normalized spacial score (nSPS) is 21.0. The van der Waals surface area contributed by atoms with Gasteiger partial charge in [0.25, 0.3) is 0 Å². The van der Waals surface area contributed by atoms with E-state index in [9.17, 15) is 9.59 Å². The third-order valence-electron chi connectivity index (χ3n) is 5.42. The van der Waals surface area contributed by atoms with Crippen LogP contribution in [0.15, 0.2) is 24.3 Å². The Morgan fingerprint density at radius 1 is 1.35 bits per heavy atom. The molecule has 1 aromatic rings. The van der Waals surface area contributed by atoms with Crippen LogP contribution in [0.5, 0.6) is 0 Å². The maximum atomic E-state index is 12.6. The fourth-order valence-electron chi connectivity index (χ4n) is 3.77. The molecule has 2 aliphatic heterocycles. The van der Waals surface area contributed by atoms with Crippen LogP contribution < -0.4 is 0 Å². The summed E-state index contributed by atoms with van der Waals surface area (Å²) in [7, 11) is 0. The van der Waals surface area contributed by atoms with Gasteiger partial charge in [-0.25, -0.2) is 4.79 Å². The van der Waals surface area contributed by atoms with Crippen molar-refractivity contribution in [1.29, 1.82) is 5.26 Å². The summed E-state index contributed by atoms with van der Waals surface area (Å²) < 4.78 is 5.11. The molecular weight excluding hydrogens is 330 g/mol. The van der Waals surface area contributed by atoms with E-state index in [1.54, 1.807) is 4.90 Å². The molecular formula is C20H25N3O3. The molecule has 0 N–H and O–H groups in total. The Balaban J connectivity index is 1.57. The Morgan fingerprint density at radius 3 is 2.73 bits per heavy atom. The molecule has 2 heterocycles. The van der Waals surface area contributed by atoms with Gasteiger partial charge in [-0.05, 0) is 42.4 Å². The Kier molecular flexibility index (Phi) is 5.46. The largest absolute Gasteiger partial charge is 0.447 e. The minimum atomic E-state index is -0.389. The Bertz CT molecular complexity index is 717. The fraction of sp³-hybridized carbons (Fsp3) is 0.550. The molecule has 0 spiro atoms. The molecule has 1 atom stereocenters. The summed E-state index contributed by atoms with van der Waals surface area (Å²) in [4.78, 5) is 28.0. The maximum absolute atomic E-state index is 12.6.